The van der Waals surface area contributed by atoms with Gasteiger partial charge in [0.1, 0.15) is 0 Å². The lowest BCUT2D eigenvalue weighted by molar-refractivity contribution is 1.02. The average Bonchev–Trinajstić information content (AvgIpc) is 2.75. The lowest BCUT2D eigenvalue weighted by atomic mass is 9.98. The average molecular weight is 349 g/mol. The second-order valence-corrected chi connectivity index (χ2v) is 6.70. The molecule has 1 heteroatoms. The molecule has 132 valence electrons. The Morgan fingerprint density at radius 1 is 0.741 bits per heavy atom. The number of nitrogens with one attached hydrogen (secondary N) is 1. The van der Waals surface area contributed by atoms with Gasteiger partial charge in [-0.3, -0.25) is 0 Å². The summed E-state index contributed by atoms with van der Waals surface area (Å²) in [4.78, 5) is 0. The van der Waals surface area contributed by atoms with E-state index in [1.54, 1.807) is 0 Å². The van der Waals surface area contributed by atoms with Gasteiger partial charge in [-0.15, -0.1) is 0 Å². The fourth-order valence-corrected chi connectivity index (χ4v) is 3.47. The van der Waals surface area contributed by atoms with Crippen molar-refractivity contribution in [1.82, 2.24) is 0 Å². The quantitative estimate of drug-likeness (QED) is 0.403. The maximum absolute atomic E-state index is 3.82. The molecule has 0 heterocycles. The fourth-order valence-electron chi connectivity index (χ4n) is 3.47. The molecule has 0 radical (unpaired) electrons. The van der Waals surface area contributed by atoms with Crippen LogP contribution in [-0.4, -0.2) is 6.54 Å². The first-order valence-electron chi connectivity index (χ1n) is 9.37. The number of hydrogen-bond donors (Lipinski definition) is 1. The minimum absolute atomic E-state index is 0.890. The molecule has 4 rings (SSSR count). The summed E-state index contributed by atoms with van der Waals surface area (Å²) in [6, 6.07) is 32.2. The number of fused-ring (bicyclic) bond motifs is 1. The van der Waals surface area contributed by atoms with Crippen molar-refractivity contribution in [2.45, 2.75) is 6.42 Å². The highest BCUT2D eigenvalue weighted by molar-refractivity contribution is 6.01. The van der Waals surface area contributed by atoms with Crippen molar-refractivity contribution >= 4 is 22.5 Å². The van der Waals surface area contributed by atoms with E-state index in [0.29, 0.717) is 0 Å². The van der Waals surface area contributed by atoms with Gasteiger partial charge in [-0.05, 0) is 28.5 Å². The first-order valence-corrected chi connectivity index (χ1v) is 9.37. The summed E-state index contributed by atoms with van der Waals surface area (Å²) in [7, 11) is 0. The van der Waals surface area contributed by atoms with E-state index in [0.717, 1.165) is 18.5 Å². The molecule has 0 saturated carbocycles. The Morgan fingerprint density at radius 2 is 1.48 bits per heavy atom. The summed E-state index contributed by atoms with van der Waals surface area (Å²) < 4.78 is 0. The van der Waals surface area contributed by atoms with Crippen LogP contribution in [0.1, 0.15) is 11.1 Å². The third kappa shape index (κ3) is 3.78. The van der Waals surface area contributed by atoms with Gasteiger partial charge < -0.3 is 5.32 Å². The van der Waals surface area contributed by atoms with Crippen LogP contribution < -0.4 is 5.32 Å². The smallest absolute Gasteiger partial charge is 0.0499 e. The van der Waals surface area contributed by atoms with E-state index in [-0.39, 0.29) is 0 Å². The molecule has 0 atom stereocenters. The monoisotopic (exact) mass is 349 g/mol. The molecule has 1 nitrogen and oxygen atoms in total. The van der Waals surface area contributed by atoms with Gasteiger partial charge in [-0.1, -0.05) is 104 Å². The van der Waals surface area contributed by atoms with Gasteiger partial charge in [0.25, 0.3) is 0 Å². The predicted octanol–water partition coefficient (Wildman–Crippen LogP) is 6.80. The van der Waals surface area contributed by atoms with E-state index in [1.165, 1.54) is 33.2 Å². The lowest BCUT2D eigenvalue weighted by Crippen LogP contribution is -2.06. The van der Waals surface area contributed by atoms with Gasteiger partial charge in [0.2, 0.25) is 0 Å². The van der Waals surface area contributed by atoms with Crippen LogP contribution in [0.25, 0.3) is 28.0 Å². The van der Waals surface area contributed by atoms with Crippen LogP contribution in [-0.2, 0) is 6.42 Å². The zero-order valence-corrected chi connectivity index (χ0v) is 15.4. The van der Waals surface area contributed by atoms with Crippen molar-refractivity contribution in [1.29, 1.82) is 0 Å². The Labute approximate surface area is 161 Å². The molecular formula is C26H23N. The summed E-state index contributed by atoms with van der Waals surface area (Å²) in [5.41, 5.74) is 6.18. The molecule has 27 heavy (non-hydrogen) atoms. The minimum atomic E-state index is 0.890. The van der Waals surface area contributed by atoms with Crippen LogP contribution in [0.4, 0.5) is 5.69 Å². The molecule has 0 aromatic heterocycles. The largest absolute Gasteiger partial charge is 0.384 e. The van der Waals surface area contributed by atoms with Gasteiger partial charge in [-0.25, -0.2) is 0 Å². The van der Waals surface area contributed by atoms with E-state index >= 15 is 0 Å². The van der Waals surface area contributed by atoms with Gasteiger partial charge >= 0.3 is 0 Å². The Balaban J connectivity index is 1.63. The molecule has 0 bridgehead atoms. The van der Waals surface area contributed by atoms with Crippen molar-refractivity contribution in [2.75, 3.05) is 11.9 Å². The number of anilines is 1. The highest BCUT2D eigenvalue weighted by atomic mass is 14.9. The van der Waals surface area contributed by atoms with Gasteiger partial charge in [0, 0.05) is 23.2 Å². The third-order valence-corrected chi connectivity index (χ3v) is 4.94. The second kappa shape index (κ2) is 7.92. The molecule has 0 fully saturated rings. The normalized spacial score (nSPS) is 10.7. The zero-order valence-electron chi connectivity index (χ0n) is 15.4. The number of rotatable bonds is 6. The van der Waals surface area contributed by atoms with Crippen molar-refractivity contribution in [2.24, 2.45) is 0 Å². The lowest BCUT2D eigenvalue weighted by Gasteiger charge is -2.16. The van der Waals surface area contributed by atoms with Crippen LogP contribution in [0.15, 0.2) is 97.6 Å². The van der Waals surface area contributed by atoms with Crippen LogP contribution in [0.2, 0.25) is 0 Å². The standard InChI is InChI=1S/C26H23N/c1-2-20-12-14-21(15-13-20)18-19-27-26-24-11-7-6-10-23(24)16-17-25(26)22-8-4-3-5-9-22/h2-17,27H,1,18-19H2. The van der Waals surface area contributed by atoms with Crippen molar-refractivity contribution in [3.8, 4) is 11.1 Å². The molecule has 0 unspecified atom stereocenters. The minimum Gasteiger partial charge on any atom is -0.384 e. The summed E-state index contributed by atoms with van der Waals surface area (Å²) in [6.45, 7) is 4.71. The molecule has 0 aliphatic carbocycles. The Bertz CT molecular complexity index is 1050. The highest BCUT2D eigenvalue weighted by Gasteiger charge is 2.09. The van der Waals surface area contributed by atoms with Crippen LogP contribution >= 0.6 is 0 Å². The first kappa shape index (κ1) is 17.1. The van der Waals surface area contributed by atoms with Crippen LogP contribution in [0.5, 0.6) is 0 Å². The van der Waals surface area contributed by atoms with Gasteiger partial charge in [-0.2, -0.15) is 0 Å². The highest BCUT2D eigenvalue weighted by Crippen LogP contribution is 2.34. The van der Waals surface area contributed by atoms with Crippen LogP contribution in [0, 0.1) is 0 Å². The van der Waals surface area contributed by atoms with E-state index in [9.17, 15) is 0 Å². The van der Waals surface area contributed by atoms with Crippen LogP contribution in [0.3, 0.4) is 0 Å². The molecule has 1 N–H and O–H groups in total. The van der Waals surface area contributed by atoms with Gasteiger partial charge in [0.15, 0.2) is 0 Å². The summed E-state index contributed by atoms with van der Waals surface area (Å²) in [5, 5.41) is 6.24. The Morgan fingerprint density at radius 3 is 2.26 bits per heavy atom. The molecule has 4 aromatic rings. The van der Waals surface area contributed by atoms with Crippen molar-refractivity contribution in [3.63, 3.8) is 0 Å². The SMILES string of the molecule is C=Cc1ccc(CCNc2c(-c3ccccc3)ccc3ccccc23)cc1. The van der Waals surface area contributed by atoms with E-state index in [1.807, 2.05) is 6.08 Å². The van der Waals surface area contributed by atoms with E-state index in [4.69, 9.17) is 0 Å². The number of benzene rings is 4. The molecule has 0 amide bonds. The topological polar surface area (TPSA) is 12.0 Å². The summed E-state index contributed by atoms with van der Waals surface area (Å²) in [5.74, 6) is 0. The molecule has 0 aliphatic rings. The maximum Gasteiger partial charge on any atom is 0.0499 e. The van der Waals surface area contributed by atoms with E-state index < -0.39 is 0 Å². The molecule has 0 spiro atoms. The third-order valence-electron chi connectivity index (χ3n) is 4.94. The summed E-state index contributed by atoms with van der Waals surface area (Å²) >= 11 is 0. The fraction of sp³-hybridized carbons (Fsp3) is 0.0769. The Hall–Kier alpha value is -3.32. The molecule has 0 aliphatic heterocycles. The first-order chi connectivity index (χ1) is 13.3. The molecule has 0 saturated heterocycles. The Kier molecular flexibility index (Phi) is 5.02. The number of hydrogen-bond acceptors (Lipinski definition) is 1. The summed E-state index contributed by atoms with van der Waals surface area (Å²) in [6.07, 6.45) is 2.86. The molecular weight excluding hydrogens is 326 g/mol. The predicted molar refractivity (Wildman–Crippen MR) is 118 cm³/mol. The second-order valence-electron chi connectivity index (χ2n) is 6.70. The van der Waals surface area contributed by atoms with Crippen molar-refractivity contribution < 1.29 is 0 Å². The van der Waals surface area contributed by atoms with Crippen molar-refractivity contribution in [3.05, 3.63) is 109 Å². The van der Waals surface area contributed by atoms with E-state index in [2.05, 4.69) is 103 Å². The molecule has 4 aromatic carbocycles. The van der Waals surface area contributed by atoms with Gasteiger partial charge in [0.05, 0.1) is 0 Å². The maximum atomic E-state index is 3.82. The zero-order chi connectivity index (χ0) is 18.5.